The van der Waals surface area contributed by atoms with Crippen LogP contribution in [-0.4, -0.2) is 62.7 Å². The molecule has 38 heavy (non-hydrogen) atoms. The number of hydrogen-bond acceptors (Lipinski definition) is 9. The molecule has 1 aromatic carbocycles. The highest BCUT2D eigenvalue weighted by Crippen LogP contribution is 2.33. The molecule has 0 saturated heterocycles. The van der Waals surface area contributed by atoms with Crippen LogP contribution in [0.5, 0.6) is 11.8 Å². The van der Waals surface area contributed by atoms with Crippen LogP contribution in [0.4, 0.5) is 16.0 Å². The fraction of sp³-hybridized carbons (Fsp3) is 0.333. The fourth-order valence-corrected chi connectivity index (χ4v) is 3.73. The third-order valence-corrected chi connectivity index (χ3v) is 5.53. The topological polar surface area (TPSA) is 147 Å². The number of aliphatic hydroxyl groups excluding tert-OH is 2. The van der Waals surface area contributed by atoms with Gasteiger partial charge in [0, 0.05) is 23.6 Å². The summed E-state index contributed by atoms with van der Waals surface area (Å²) < 4.78 is 24.2. The van der Waals surface area contributed by atoms with Crippen molar-refractivity contribution in [3.63, 3.8) is 0 Å². The van der Waals surface area contributed by atoms with E-state index in [2.05, 4.69) is 15.3 Å². The highest BCUT2D eigenvalue weighted by Gasteiger charge is 2.19. The maximum atomic E-state index is 13.7. The van der Waals surface area contributed by atoms with Gasteiger partial charge in [0.05, 0.1) is 44.2 Å². The first kappa shape index (κ1) is 28.5. The van der Waals surface area contributed by atoms with E-state index in [4.69, 9.17) is 19.6 Å². The lowest BCUT2D eigenvalue weighted by Crippen LogP contribution is -2.19. The molecule has 202 valence electrons. The average Bonchev–Trinajstić information content (AvgIpc) is 2.87. The molecular weight excluding hydrogens is 495 g/mol. The Balaban J connectivity index is 2.07. The Bertz CT molecular complexity index is 1280. The van der Waals surface area contributed by atoms with Crippen LogP contribution in [0.25, 0.3) is 17.3 Å². The summed E-state index contributed by atoms with van der Waals surface area (Å²) in [4.78, 5) is 24.5. The molecule has 4 N–H and O–H groups in total. The van der Waals surface area contributed by atoms with E-state index in [1.165, 1.54) is 32.4 Å². The molecule has 0 radical (unpaired) electrons. The number of anilines is 2. The van der Waals surface area contributed by atoms with E-state index >= 15 is 0 Å². The molecule has 2 heterocycles. The predicted octanol–water partition coefficient (Wildman–Crippen LogP) is 4.16. The van der Waals surface area contributed by atoms with Gasteiger partial charge in [0.2, 0.25) is 17.7 Å². The summed E-state index contributed by atoms with van der Waals surface area (Å²) in [5, 5.41) is 32.2. The Labute approximate surface area is 219 Å². The first-order valence-corrected chi connectivity index (χ1v) is 11.9. The molecule has 0 aliphatic carbocycles. The number of nitrogens with zero attached hydrogens (tertiary/aromatic N) is 3. The summed E-state index contributed by atoms with van der Waals surface area (Å²) in [6.07, 6.45) is 0.131. The number of aliphatic carboxylic acids is 1. The van der Waals surface area contributed by atoms with Crippen molar-refractivity contribution in [3.8, 4) is 23.0 Å². The molecule has 0 spiro atoms. The number of aliphatic hydroxyl groups is 2. The van der Waals surface area contributed by atoms with Crippen molar-refractivity contribution in [2.24, 2.45) is 0 Å². The summed E-state index contributed by atoms with van der Waals surface area (Å²) in [5.41, 5.74) is 2.81. The lowest BCUT2D eigenvalue weighted by Gasteiger charge is -2.18. The number of aromatic nitrogens is 3. The standard InChI is InChI=1S/C27H31FN4O6/c1-15(2)24-20(10-9-18(33)13-19(34)14-23(35)36)25(16-5-7-17(28)8-6-16)32-27(31-24)29-21-11-12-22(37-3)30-26(21)38-4/h5-12,15,18-19,33-34H,13-14H2,1-4H3,(H,35,36)(H,29,31,32)/t18-,19-/m1/s1. The Morgan fingerprint density at radius 1 is 1.05 bits per heavy atom. The zero-order chi connectivity index (χ0) is 27.8. The number of halogens is 1. The van der Waals surface area contributed by atoms with Crippen molar-refractivity contribution < 1.29 is 34.0 Å². The number of nitrogens with one attached hydrogen (secondary N) is 1. The lowest BCUT2D eigenvalue weighted by atomic mass is 9.97. The van der Waals surface area contributed by atoms with Gasteiger partial charge in [0.15, 0.2) is 0 Å². The molecule has 3 rings (SSSR count). The molecular formula is C27H31FN4O6. The van der Waals surface area contributed by atoms with Crippen LogP contribution < -0.4 is 14.8 Å². The number of benzene rings is 1. The first-order valence-electron chi connectivity index (χ1n) is 11.9. The normalized spacial score (nSPS) is 12.9. The van der Waals surface area contributed by atoms with Crippen molar-refractivity contribution >= 4 is 23.7 Å². The molecule has 2 atom stereocenters. The first-order chi connectivity index (χ1) is 18.1. The van der Waals surface area contributed by atoms with Gasteiger partial charge in [-0.1, -0.05) is 26.0 Å². The molecule has 0 aliphatic rings. The molecule has 10 nitrogen and oxygen atoms in total. The molecule has 0 bridgehead atoms. The second-order valence-corrected chi connectivity index (χ2v) is 8.81. The number of methoxy groups -OCH3 is 2. The zero-order valence-electron chi connectivity index (χ0n) is 21.6. The minimum atomic E-state index is -1.20. The van der Waals surface area contributed by atoms with E-state index < -0.39 is 30.4 Å². The molecule has 0 unspecified atom stereocenters. The maximum absolute atomic E-state index is 13.7. The van der Waals surface area contributed by atoms with Crippen LogP contribution in [0.2, 0.25) is 0 Å². The number of pyridine rings is 1. The Morgan fingerprint density at radius 3 is 2.37 bits per heavy atom. The zero-order valence-corrected chi connectivity index (χ0v) is 21.6. The SMILES string of the molecule is COc1ccc(Nc2nc(-c3ccc(F)cc3)c(C=C[C@@H](O)C[C@@H](O)CC(=O)O)c(C(C)C)n2)c(OC)n1. The van der Waals surface area contributed by atoms with Crippen molar-refractivity contribution in [3.05, 3.63) is 59.5 Å². The van der Waals surface area contributed by atoms with Gasteiger partial charge in [-0.25, -0.2) is 14.4 Å². The number of carbonyl (C=O) groups is 1. The molecule has 11 heteroatoms. The second-order valence-electron chi connectivity index (χ2n) is 8.81. The van der Waals surface area contributed by atoms with Crippen LogP contribution in [0, 0.1) is 5.82 Å². The van der Waals surface area contributed by atoms with Gasteiger partial charge in [-0.05, 0) is 36.2 Å². The van der Waals surface area contributed by atoms with Crippen molar-refractivity contribution in [1.29, 1.82) is 0 Å². The summed E-state index contributed by atoms with van der Waals surface area (Å²) in [7, 11) is 2.97. The summed E-state index contributed by atoms with van der Waals surface area (Å²) >= 11 is 0. The molecule has 0 saturated carbocycles. The predicted molar refractivity (Wildman–Crippen MR) is 140 cm³/mol. The Hall–Kier alpha value is -4.09. The van der Waals surface area contributed by atoms with Crippen LogP contribution in [0.15, 0.2) is 42.5 Å². The lowest BCUT2D eigenvalue weighted by molar-refractivity contribution is -0.139. The van der Waals surface area contributed by atoms with Gasteiger partial charge in [0.1, 0.15) is 11.5 Å². The van der Waals surface area contributed by atoms with E-state index in [1.54, 1.807) is 30.3 Å². The molecule has 0 aliphatic heterocycles. The highest BCUT2D eigenvalue weighted by atomic mass is 19.1. The summed E-state index contributed by atoms with van der Waals surface area (Å²) in [6, 6.07) is 9.19. The quantitative estimate of drug-likeness (QED) is 0.271. The fourth-order valence-electron chi connectivity index (χ4n) is 3.73. The van der Waals surface area contributed by atoms with Crippen molar-refractivity contribution in [1.82, 2.24) is 15.0 Å². The van der Waals surface area contributed by atoms with Crippen molar-refractivity contribution in [2.75, 3.05) is 19.5 Å². The third kappa shape index (κ3) is 7.46. The largest absolute Gasteiger partial charge is 0.481 e. The minimum Gasteiger partial charge on any atom is -0.481 e. The van der Waals surface area contributed by atoms with Gasteiger partial charge in [0.25, 0.3) is 0 Å². The van der Waals surface area contributed by atoms with E-state index in [1.807, 2.05) is 13.8 Å². The maximum Gasteiger partial charge on any atom is 0.305 e. The number of hydrogen-bond donors (Lipinski definition) is 4. The molecule has 0 amide bonds. The second kappa shape index (κ2) is 12.9. The van der Waals surface area contributed by atoms with Gasteiger partial charge < -0.3 is 30.1 Å². The van der Waals surface area contributed by atoms with Gasteiger partial charge >= 0.3 is 5.97 Å². The molecule has 0 fully saturated rings. The molecule has 2 aromatic heterocycles. The average molecular weight is 527 g/mol. The summed E-state index contributed by atoms with van der Waals surface area (Å²) in [6.45, 7) is 3.89. The van der Waals surface area contributed by atoms with Crippen LogP contribution in [0.1, 0.15) is 43.9 Å². The summed E-state index contributed by atoms with van der Waals surface area (Å²) in [5.74, 6) is -0.755. The number of carboxylic acid groups (broad SMARTS) is 1. The van der Waals surface area contributed by atoms with E-state index in [0.717, 1.165) is 0 Å². The van der Waals surface area contributed by atoms with Gasteiger partial charge in [-0.2, -0.15) is 4.98 Å². The number of carboxylic acids is 1. The number of ether oxygens (including phenoxy) is 2. The van der Waals surface area contributed by atoms with E-state index in [9.17, 15) is 19.4 Å². The van der Waals surface area contributed by atoms with Gasteiger partial charge in [-0.3, -0.25) is 4.79 Å². The smallest absolute Gasteiger partial charge is 0.305 e. The van der Waals surface area contributed by atoms with Crippen molar-refractivity contribution in [2.45, 2.75) is 44.8 Å². The molecule has 3 aromatic rings. The Morgan fingerprint density at radius 2 is 1.76 bits per heavy atom. The Kier molecular flexibility index (Phi) is 9.69. The number of rotatable bonds is 12. The van der Waals surface area contributed by atoms with Crippen LogP contribution in [-0.2, 0) is 4.79 Å². The van der Waals surface area contributed by atoms with E-state index in [0.29, 0.717) is 34.1 Å². The van der Waals surface area contributed by atoms with E-state index in [-0.39, 0.29) is 24.2 Å². The third-order valence-electron chi connectivity index (χ3n) is 5.53. The minimum absolute atomic E-state index is 0.0805. The van der Waals surface area contributed by atoms with Crippen LogP contribution >= 0.6 is 0 Å². The van der Waals surface area contributed by atoms with Crippen LogP contribution in [0.3, 0.4) is 0 Å². The monoisotopic (exact) mass is 526 g/mol. The highest BCUT2D eigenvalue weighted by molar-refractivity contribution is 5.75. The van der Waals surface area contributed by atoms with Gasteiger partial charge in [-0.15, -0.1) is 0 Å².